The Balaban J connectivity index is 2.83. The number of benzene rings is 1. The Hall–Kier alpha value is 0.328. The predicted octanol–water partition coefficient (Wildman–Crippen LogP) is 0.902. The van der Waals surface area contributed by atoms with Crippen LogP contribution >= 0.6 is 8.83 Å². The van der Waals surface area contributed by atoms with Gasteiger partial charge in [-0.1, -0.05) is 0 Å². The van der Waals surface area contributed by atoms with Gasteiger partial charge in [0.15, 0.2) is 0 Å². The zero-order chi connectivity index (χ0) is 5.82. The molecular formula is C6H6ClSb. The topological polar surface area (TPSA) is 0 Å². The first-order chi connectivity index (χ1) is 3.93. The van der Waals surface area contributed by atoms with E-state index in [0.29, 0.717) is 0 Å². The van der Waals surface area contributed by atoms with E-state index in [9.17, 15) is 0 Å². The van der Waals surface area contributed by atoms with Crippen molar-refractivity contribution in [3.63, 3.8) is 0 Å². The van der Waals surface area contributed by atoms with Gasteiger partial charge in [0, 0.05) is 0 Å². The van der Waals surface area contributed by atoms with Gasteiger partial charge in [-0.2, -0.15) is 0 Å². The maximum absolute atomic E-state index is 5.70. The molecular weight excluding hydrogens is 229 g/mol. The quantitative estimate of drug-likeness (QED) is 0.635. The number of hydrogen-bond acceptors (Lipinski definition) is 0. The summed E-state index contributed by atoms with van der Waals surface area (Å²) in [6.07, 6.45) is 0. The second-order valence-corrected chi connectivity index (χ2v) is 4.92. The van der Waals surface area contributed by atoms with Gasteiger partial charge in [-0.05, 0) is 0 Å². The van der Waals surface area contributed by atoms with Gasteiger partial charge in [0.2, 0.25) is 0 Å². The second kappa shape index (κ2) is 3.37. The van der Waals surface area contributed by atoms with E-state index in [1.54, 1.807) is 0 Å². The van der Waals surface area contributed by atoms with E-state index >= 15 is 0 Å². The SMILES string of the molecule is [Cl][SbH][c]1ccccc1. The summed E-state index contributed by atoms with van der Waals surface area (Å²) in [6, 6.07) is 10.2. The molecule has 0 radical (unpaired) electrons. The molecule has 0 saturated carbocycles. The van der Waals surface area contributed by atoms with Crippen molar-refractivity contribution >= 4 is 32.8 Å². The van der Waals surface area contributed by atoms with Gasteiger partial charge in [0.1, 0.15) is 0 Å². The molecule has 0 fully saturated rings. The fourth-order valence-electron chi connectivity index (χ4n) is 0.501. The molecule has 0 atom stereocenters. The molecule has 1 rings (SSSR count). The maximum atomic E-state index is 5.70. The normalized spacial score (nSPS) is 9.12. The Labute approximate surface area is 63.1 Å². The van der Waals surface area contributed by atoms with E-state index in [0.717, 1.165) is 0 Å². The van der Waals surface area contributed by atoms with E-state index in [1.807, 2.05) is 18.2 Å². The third-order valence-electron chi connectivity index (χ3n) is 0.883. The Morgan fingerprint density at radius 1 is 1.12 bits per heavy atom. The summed E-state index contributed by atoms with van der Waals surface area (Å²) in [4.78, 5) is 0. The average Bonchev–Trinajstić information content (AvgIpc) is 1.90. The summed E-state index contributed by atoms with van der Waals surface area (Å²) in [5.41, 5.74) is 0. The minimum atomic E-state index is -0.671. The van der Waals surface area contributed by atoms with Crippen LogP contribution in [-0.2, 0) is 0 Å². The van der Waals surface area contributed by atoms with Crippen LogP contribution in [0.2, 0.25) is 0 Å². The van der Waals surface area contributed by atoms with Gasteiger partial charge in [0.25, 0.3) is 0 Å². The Morgan fingerprint density at radius 2 is 1.75 bits per heavy atom. The molecule has 0 amide bonds. The molecule has 1 aromatic rings. The minimum absolute atomic E-state index is 0.671. The van der Waals surface area contributed by atoms with Crippen molar-refractivity contribution in [2.45, 2.75) is 0 Å². The van der Waals surface area contributed by atoms with Gasteiger partial charge < -0.3 is 0 Å². The van der Waals surface area contributed by atoms with Crippen molar-refractivity contribution in [2.24, 2.45) is 0 Å². The molecule has 2 heteroatoms. The van der Waals surface area contributed by atoms with Crippen LogP contribution in [0.25, 0.3) is 0 Å². The monoisotopic (exact) mass is 234 g/mol. The van der Waals surface area contributed by atoms with Crippen molar-refractivity contribution in [2.75, 3.05) is 0 Å². The van der Waals surface area contributed by atoms with Crippen molar-refractivity contribution < 1.29 is 0 Å². The van der Waals surface area contributed by atoms with E-state index in [2.05, 4.69) is 12.1 Å². The predicted molar refractivity (Wildman–Crippen MR) is 39.1 cm³/mol. The zero-order valence-electron chi connectivity index (χ0n) is 4.26. The van der Waals surface area contributed by atoms with Gasteiger partial charge in [-0.25, -0.2) is 0 Å². The molecule has 0 bridgehead atoms. The Bertz CT molecular complexity index is 150. The van der Waals surface area contributed by atoms with Gasteiger partial charge in [-0.15, -0.1) is 0 Å². The molecule has 0 aromatic heterocycles. The molecule has 1 aromatic carbocycles. The van der Waals surface area contributed by atoms with E-state index in [-0.39, 0.29) is 0 Å². The van der Waals surface area contributed by atoms with Crippen LogP contribution in [0, 0.1) is 0 Å². The van der Waals surface area contributed by atoms with E-state index in [4.69, 9.17) is 8.83 Å². The van der Waals surface area contributed by atoms with Crippen molar-refractivity contribution in [1.29, 1.82) is 0 Å². The molecule has 8 heavy (non-hydrogen) atoms. The molecule has 0 spiro atoms. The van der Waals surface area contributed by atoms with Gasteiger partial charge >= 0.3 is 63.1 Å². The molecule has 0 unspecified atom stereocenters. The fraction of sp³-hybridized carbons (Fsp3) is 0. The van der Waals surface area contributed by atoms with Crippen LogP contribution in [0.3, 0.4) is 0 Å². The summed E-state index contributed by atoms with van der Waals surface area (Å²) in [5, 5.41) is 0. The third-order valence-corrected chi connectivity index (χ3v) is 3.92. The van der Waals surface area contributed by atoms with E-state index in [1.165, 1.54) is 3.51 Å². The summed E-state index contributed by atoms with van der Waals surface area (Å²) >= 11 is -0.671. The summed E-state index contributed by atoms with van der Waals surface area (Å²) in [7, 11) is 5.70. The number of rotatable bonds is 1. The summed E-state index contributed by atoms with van der Waals surface area (Å²) in [6.45, 7) is 0. The first-order valence-electron chi connectivity index (χ1n) is 2.35. The van der Waals surface area contributed by atoms with E-state index < -0.39 is 20.5 Å². The molecule has 0 aliphatic carbocycles. The molecule has 0 aliphatic heterocycles. The van der Waals surface area contributed by atoms with Crippen LogP contribution in [0.4, 0.5) is 0 Å². The molecule has 0 aliphatic rings. The second-order valence-electron chi connectivity index (χ2n) is 1.46. The molecule has 0 heterocycles. The van der Waals surface area contributed by atoms with Crippen LogP contribution in [-0.4, -0.2) is 20.5 Å². The Morgan fingerprint density at radius 3 is 2.12 bits per heavy atom. The fourth-order valence-corrected chi connectivity index (χ4v) is 2.26. The zero-order valence-corrected chi connectivity index (χ0v) is 7.87. The van der Waals surface area contributed by atoms with Crippen molar-refractivity contribution in [3.05, 3.63) is 30.3 Å². The van der Waals surface area contributed by atoms with Crippen LogP contribution in [0.1, 0.15) is 0 Å². The molecule has 42 valence electrons. The first kappa shape index (κ1) is 6.45. The Kier molecular flexibility index (Phi) is 2.72. The third kappa shape index (κ3) is 1.68. The van der Waals surface area contributed by atoms with Gasteiger partial charge in [-0.3, -0.25) is 0 Å². The number of halogens is 1. The van der Waals surface area contributed by atoms with Crippen LogP contribution < -0.4 is 3.51 Å². The first-order valence-corrected chi connectivity index (χ1v) is 7.39. The summed E-state index contributed by atoms with van der Waals surface area (Å²) in [5.74, 6) is 0. The van der Waals surface area contributed by atoms with Crippen molar-refractivity contribution in [3.8, 4) is 0 Å². The summed E-state index contributed by atoms with van der Waals surface area (Å²) < 4.78 is 1.35. The standard InChI is InChI=1S/C6H5.ClH.Sb.H/c1-2-4-6-5-3-1;;;/h1-5H;1H;;/q;;+1;/p-1. The molecule has 0 nitrogen and oxygen atoms in total. The van der Waals surface area contributed by atoms with Crippen molar-refractivity contribution in [1.82, 2.24) is 0 Å². The van der Waals surface area contributed by atoms with Crippen LogP contribution in [0.5, 0.6) is 0 Å². The van der Waals surface area contributed by atoms with Crippen LogP contribution in [0.15, 0.2) is 30.3 Å². The molecule has 0 N–H and O–H groups in total. The van der Waals surface area contributed by atoms with Gasteiger partial charge in [0.05, 0.1) is 0 Å². The number of hydrogen-bond donors (Lipinski definition) is 0. The average molecular weight is 235 g/mol. The molecule has 0 saturated heterocycles.